The predicted octanol–water partition coefficient (Wildman–Crippen LogP) is 0.604. The van der Waals surface area contributed by atoms with Gasteiger partial charge in [0.15, 0.2) is 0 Å². The SMILES string of the molecule is CN(CC1CCCO1)C(CN)C1CCCO1. The molecule has 0 aromatic carbocycles. The molecule has 4 heteroatoms. The van der Waals surface area contributed by atoms with Crippen LogP contribution in [0.3, 0.4) is 0 Å². The van der Waals surface area contributed by atoms with Gasteiger partial charge in [-0.15, -0.1) is 0 Å². The third-order valence-electron chi connectivity index (χ3n) is 3.72. The number of rotatable bonds is 5. The first-order valence-electron chi connectivity index (χ1n) is 6.44. The largest absolute Gasteiger partial charge is 0.377 e. The summed E-state index contributed by atoms with van der Waals surface area (Å²) in [5.74, 6) is 0. The van der Waals surface area contributed by atoms with Crippen molar-refractivity contribution < 1.29 is 9.47 Å². The summed E-state index contributed by atoms with van der Waals surface area (Å²) in [7, 11) is 2.14. The lowest BCUT2D eigenvalue weighted by molar-refractivity contribution is 0.0120. The Kier molecular flexibility index (Phi) is 4.58. The number of nitrogens with zero attached hydrogens (tertiary/aromatic N) is 1. The Morgan fingerprint density at radius 3 is 2.56 bits per heavy atom. The van der Waals surface area contributed by atoms with Crippen molar-refractivity contribution in [1.82, 2.24) is 4.90 Å². The van der Waals surface area contributed by atoms with Gasteiger partial charge in [0.1, 0.15) is 0 Å². The number of ether oxygens (including phenoxy) is 2. The van der Waals surface area contributed by atoms with E-state index in [1.165, 1.54) is 19.3 Å². The van der Waals surface area contributed by atoms with E-state index >= 15 is 0 Å². The lowest BCUT2D eigenvalue weighted by atomic mass is 10.1. The molecule has 0 saturated carbocycles. The van der Waals surface area contributed by atoms with Crippen molar-refractivity contribution in [2.75, 3.05) is 33.4 Å². The molecule has 0 aromatic heterocycles. The van der Waals surface area contributed by atoms with Crippen molar-refractivity contribution in [3.8, 4) is 0 Å². The summed E-state index contributed by atoms with van der Waals surface area (Å²) in [6.45, 7) is 3.48. The Balaban J connectivity index is 1.81. The predicted molar refractivity (Wildman–Crippen MR) is 63.4 cm³/mol. The first-order chi connectivity index (χ1) is 7.81. The van der Waals surface area contributed by atoms with Crippen molar-refractivity contribution >= 4 is 0 Å². The molecular weight excluding hydrogens is 204 g/mol. The van der Waals surface area contributed by atoms with Gasteiger partial charge in [-0.25, -0.2) is 0 Å². The lowest BCUT2D eigenvalue weighted by Crippen LogP contribution is -2.48. The van der Waals surface area contributed by atoms with E-state index in [9.17, 15) is 0 Å². The van der Waals surface area contributed by atoms with Gasteiger partial charge in [0, 0.05) is 32.3 Å². The van der Waals surface area contributed by atoms with Crippen LogP contribution in [0.4, 0.5) is 0 Å². The molecule has 2 N–H and O–H groups in total. The number of likely N-dealkylation sites (N-methyl/N-ethyl adjacent to an activating group) is 1. The van der Waals surface area contributed by atoms with Crippen LogP contribution in [0.15, 0.2) is 0 Å². The third-order valence-corrected chi connectivity index (χ3v) is 3.72. The summed E-state index contributed by atoms with van der Waals surface area (Å²) in [5, 5.41) is 0. The van der Waals surface area contributed by atoms with Crippen LogP contribution in [-0.2, 0) is 9.47 Å². The Morgan fingerprint density at radius 2 is 2.00 bits per heavy atom. The summed E-state index contributed by atoms with van der Waals surface area (Å²) >= 11 is 0. The van der Waals surface area contributed by atoms with E-state index in [4.69, 9.17) is 15.2 Å². The second-order valence-corrected chi connectivity index (χ2v) is 4.93. The fourth-order valence-electron chi connectivity index (χ4n) is 2.77. The highest BCUT2D eigenvalue weighted by atomic mass is 16.5. The Morgan fingerprint density at radius 1 is 1.25 bits per heavy atom. The highest BCUT2D eigenvalue weighted by Crippen LogP contribution is 2.20. The van der Waals surface area contributed by atoms with Crippen molar-refractivity contribution in [1.29, 1.82) is 0 Å². The van der Waals surface area contributed by atoms with E-state index in [0.29, 0.717) is 24.8 Å². The van der Waals surface area contributed by atoms with Gasteiger partial charge in [-0.3, -0.25) is 4.90 Å². The van der Waals surface area contributed by atoms with E-state index in [0.717, 1.165) is 26.2 Å². The number of hydrogen-bond donors (Lipinski definition) is 1. The molecule has 4 nitrogen and oxygen atoms in total. The van der Waals surface area contributed by atoms with Crippen LogP contribution < -0.4 is 5.73 Å². The zero-order valence-corrected chi connectivity index (χ0v) is 10.2. The maximum atomic E-state index is 5.87. The average molecular weight is 228 g/mol. The maximum Gasteiger partial charge on any atom is 0.0743 e. The molecule has 0 amide bonds. The molecule has 0 aliphatic carbocycles. The zero-order valence-electron chi connectivity index (χ0n) is 10.2. The highest BCUT2D eigenvalue weighted by Gasteiger charge is 2.29. The smallest absolute Gasteiger partial charge is 0.0743 e. The van der Waals surface area contributed by atoms with Gasteiger partial charge in [-0.05, 0) is 32.7 Å². The molecule has 0 aromatic rings. The summed E-state index contributed by atoms with van der Waals surface area (Å²) < 4.78 is 11.4. The standard InChI is InChI=1S/C12H24N2O2/c1-14(9-10-4-2-6-15-10)11(8-13)12-5-3-7-16-12/h10-12H,2-9,13H2,1H3. The zero-order chi connectivity index (χ0) is 11.4. The molecule has 2 saturated heterocycles. The van der Waals surface area contributed by atoms with Crippen LogP contribution in [0, 0.1) is 0 Å². The summed E-state index contributed by atoms with van der Waals surface area (Å²) in [5.41, 5.74) is 5.87. The van der Waals surface area contributed by atoms with Crippen LogP contribution >= 0.6 is 0 Å². The van der Waals surface area contributed by atoms with E-state index in [1.807, 2.05) is 0 Å². The van der Waals surface area contributed by atoms with E-state index in [2.05, 4.69) is 11.9 Å². The molecule has 0 bridgehead atoms. The molecule has 0 spiro atoms. The Labute approximate surface area is 98.1 Å². The third kappa shape index (κ3) is 2.94. The lowest BCUT2D eigenvalue weighted by Gasteiger charge is -2.32. The fraction of sp³-hybridized carbons (Fsp3) is 1.00. The van der Waals surface area contributed by atoms with Crippen LogP contribution in [-0.4, -0.2) is 56.5 Å². The van der Waals surface area contributed by atoms with E-state index in [1.54, 1.807) is 0 Å². The van der Waals surface area contributed by atoms with Gasteiger partial charge in [0.05, 0.1) is 12.2 Å². The van der Waals surface area contributed by atoms with Crippen LogP contribution in [0.25, 0.3) is 0 Å². The minimum absolute atomic E-state index is 0.330. The van der Waals surface area contributed by atoms with Crippen molar-refractivity contribution in [2.24, 2.45) is 5.73 Å². The Bertz CT molecular complexity index is 201. The summed E-state index contributed by atoms with van der Waals surface area (Å²) in [6, 6.07) is 0.353. The van der Waals surface area contributed by atoms with Crippen molar-refractivity contribution in [2.45, 2.75) is 43.9 Å². The normalized spacial score (nSPS) is 32.4. The second kappa shape index (κ2) is 5.96. The van der Waals surface area contributed by atoms with Gasteiger partial charge < -0.3 is 15.2 Å². The molecule has 2 aliphatic heterocycles. The van der Waals surface area contributed by atoms with Crippen LogP contribution in [0.2, 0.25) is 0 Å². The average Bonchev–Trinajstić information content (AvgIpc) is 2.91. The van der Waals surface area contributed by atoms with E-state index < -0.39 is 0 Å². The molecular formula is C12H24N2O2. The van der Waals surface area contributed by atoms with E-state index in [-0.39, 0.29) is 0 Å². The molecule has 2 rings (SSSR count). The van der Waals surface area contributed by atoms with Gasteiger partial charge >= 0.3 is 0 Å². The van der Waals surface area contributed by atoms with Gasteiger partial charge in [-0.1, -0.05) is 0 Å². The molecule has 2 aliphatic rings. The molecule has 2 fully saturated rings. The first kappa shape index (κ1) is 12.3. The first-order valence-corrected chi connectivity index (χ1v) is 6.44. The molecule has 2 heterocycles. The fourth-order valence-corrected chi connectivity index (χ4v) is 2.77. The molecule has 16 heavy (non-hydrogen) atoms. The highest BCUT2D eigenvalue weighted by molar-refractivity contribution is 4.84. The van der Waals surface area contributed by atoms with Crippen LogP contribution in [0.1, 0.15) is 25.7 Å². The molecule has 0 radical (unpaired) electrons. The molecule has 3 atom stereocenters. The second-order valence-electron chi connectivity index (χ2n) is 4.93. The van der Waals surface area contributed by atoms with Gasteiger partial charge in [0.2, 0.25) is 0 Å². The van der Waals surface area contributed by atoms with Crippen molar-refractivity contribution in [3.63, 3.8) is 0 Å². The quantitative estimate of drug-likeness (QED) is 0.749. The van der Waals surface area contributed by atoms with Crippen LogP contribution in [0.5, 0.6) is 0 Å². The maximum absolute atomic E-state index is 5.87. The number of nitrogens with two attached hydrogens (primary N) is 1. The number of hydrogen-bond acceptors (Lipinski definition) is 4. The Hall–Kier alpha value is -0.160. The minimum Gasteiger partial charge on any atom is -0.377 e. The molecule has 3 unspecified atom stereocenters. The molecule has 94 valence electrons. The summed E-state index contributed by atoms with van der Waals surface area (Å²) in [6.07, 6.45) is 5.45. The van der Waals surface area contributed by atoms with Gasteiger partial charge in [-0.2, -0.15) is 0 Å². The summed E-state index contributed by atoms with van der Waals surface area (Å²) in [4.78, 5) is 2.33. The topological polar surface area (TPSA) is 47.7 Å². The minimum atomic E-state index is 0.330. The van der Waals surface area contributed by atoms with Gasteiger partial charge in [0.25, 0.3) is 0 Å². The van der Waals surface area contributed by atoms with Crippen molar-refractivity contribution in [3.05, 3.63) is 0 Å². The monoisotopic (exact) mass is 228 g/mol.